The number of fused-ring (bicyclic) bond motifs is 1. The minimum absolute atomic E-state index is 0.0214. The van der Waals surface area contributed by atoms with Gasteiger partial charge in [0.05, 0.1) is 19.8 Å². The summed E-state index contributed by atoms with van der Waals surface area (Å²) in [5.74, 6) is 0.834. The zero-order valence-corrected chi connectivity index (χ0v) is 14.7. The number of aliphatic hydroxyl groups is 1. The van der Waals surface area contributed by atoms with Crippen LogP contribution in [-0.2, 0) is 13.0 Å². The van der Waals surface area contributed by atoms with Crippen LogP contribution < -0.4 is 9.64 Å². The first-order chi connectivity index (χ1) is 11.6. The number of anilines is 1. The van der Waals surface area contributed by atoms with Gasteiger partial charge in [0.25, 0.3) is 0 Å². The van der Waals surface area contributed by atoms with E-state index in [9.17, 15) is 5.11 Å². The Morgan fingerprint density at radius 2 is 1.96 bits per heavy atom. The van der Waals surface area contributed by atoms with E-state index in [4.69, 9.17) is 4.74 Å². The van der Waals surface area contributed by atoms with Crippen LogP contribution in [0.3, 0.4) is 0 Å². The van der Waals surface area contributed by atoms with Gasteiger partial charge in [-0.05, 0) is 48.4 Å². The highest BCUT2D eigenvalue weighted by atomic mass is 16.5. The van der Waals surface area contributed by atoms with E-state index in [0.29, 0.717) is 0 Å². The van der Waals surface area contributed by atoms with Gasteiger partial charge in [0.1, 0.15) is 5.75 Å². The molecule has 1 N–H and O–H groups in total. The minimum Gasteiger partial charge on any atom is -0.497 e. The van der Waals surface area contributed by atoms with Gasteiger partial charge in [-0.3, -0.25) is 4.90 Å². The molecule has 1 heterocycles. The number of hydrogen-bond donors (Lipinski definition) is 1. The summed E-state index contributed by atoms with van der Waals surface area (Å²) < 4.78 is 5.21. The summed E-state index contributed by atoms with van der Waals surface area (Å²) in [5, 5.41) is 9.86. The van der Waals surface area contributed by atoms with Crippen molar-refractivity contribution < 1.29 is 9.84 Å². The smallest absolute Gasteiger partial charge is 0.118 e. The lowest BCUT2D eigenvalue weighted by molar-refractivity contribution is 0.142. The van der Waals surface area contributed by atoms with E-state index in [1.807, 2.05) is 24.3 Å². The molecule has 1 aliphatic heterocycles. The summed E-state index contributed by atoms with van der Waals surface area (Å²) in [4.78, 5) is 4.50. The Hall–Kier alpha value is -2.04. The van der Waals surface area contributed by atoms with Gasteiger partial charge in [-0.2, -0.15) is 0 Å². The topological polar surface area (TPSA) is 35.9 Å². The van der Waals surface area contributed by atoms with Crippen LogP contribution in [0.4, 0.5) is 5.69 Å². The molecule has 0 saturated carbocycles. The average molecular weight is 326 g/mol. The first-order valence-corrected chi connectivity index (χ1v) is 8.40. The van der Waals surface area contributed by atoms with Gasteiger partial charge in [-0.15, -0.1) is 0 Å². The van der Waals surface area contributed by atoms with E-state index in [-0.39, 0.29) is 12.6 Å². The first kappa shape index (κ1) is 16.8. The number of ether oxygens (including phenoxy) is 1. The molecule has 2 aromatic rings. The van der Waals surface area contributed by atoms with Crippen LogP contribution in [0.1, 0.15) is 22.7 Å². The zero-order chi connectivity index (χ0) is 17.1. The monoisotopic (exact) mass is 326 g/mol. The molecule has 1 aliphatic rings. The number of nitrogens with zero attached hydrogens (tertiary/aromatic N) is 2. The van der Waals surface area contributed by atoms with Gasteiger partial charge in [0.15, 0.2) is 0 Å². The van der Waals surface area contributed by atoms with E-state index in [1.165, 1.54) is 16.8 Å². The molecule has 0 amide bonds. The lowest BCUT2D eigenvalue weighted by atomic mass is 10.0. The van der Waals surface area contributed by atoms with Crippen molar-refractivity contribution in [3.63, 3.8) is 0 Å². The first-order valence-electron chi connectivity index (χ1n) is 8.40. The van der Waals surface area contributed by atoms with Crippen LogP contribution in [-0.4, -0.2) is 44.4 Å². The summed E-state index contributed by atoms with van der Waals surface area (Å²) in [5.41, 5.74) is 5.16. The van der Waals surface area contributed by atoms with Gasteiger partial charge < -0.3 is 14.7 Å². The molecule has 4 heteroatoms. The second kappa shape index (κ2) is 7.24. The van der Waals surface area contributed by atoms with E-state index < -0.39 is 0 Å². The second-order valence-electron chi connectivity index (χ2n) is 6.52. The fourth-order valence-electron chi connectivity index (χ4n) is 3.44. The third-order valence-electron chi connectivity index (χ3n) is 4.91. The lowest BCUT2D eigenvalue weighted by Crippen LogP contribution is -2.27. The van der Waals surface area contributed by atoms with Gasteiger partial charge in [0, 0.05) is 25.8 Å². The van der Waals surface area contributed by atoms with Crippen molar-refractivity contribution in [2.75, 3.05) is 39.3 Å². The van der Waals surface area contributed by atoms with Crippen LogP contribution in [0.25, 0.3) is 0 Å². The molecule has 0 fully saturated rings. The molecular formula is C20H26N2O2. The number of rotatable bonds is 6. The van der Waals surface area contributed by atoms with Gasteiger partial charge in [-0.1, -0.05) is 24.3 Å². The molecule has 24 heavy (non-hydrogen) atoms. The van der Waals surface area contributed by atoms with Gasteiger partial charge >= 0.3 is 0 Å². The molecule has 0 aromatic heterocycles. The Bertz CT molecular complexity index is 685. The molecule has 4 nitrogen and oxygen atoms in total. The molecule has 1 atom stereocenters. The minimum atomic E-state index is -0.0214. The fraction of sp³-hybridized carbons (Fsp3) is 0.400. The maximum absolute atomic E-state index is 9.86. The molecule has 128 valence electrons. The Morgan fingerprint density at radius 3 is 2.62 bits per heavy atom. The van der Waals surface area contributed by atoms with Crippen molar-refractivity contribution in [3.05, 3.63) is 59.2 Å². The Labute approximate surface area is 144 Å². The second-order valence-corrected chi connectivity index (χ2v) is 6.52. The van der Waals surface area contributed by atoms with Crippen LogP contribution in [0.5, 0.6) is 5.75 Å². The summed E-state index contributed by atoms with van der Waals surface area (Å²) in [7, 11) is 5.86. The predicted molar refractivity (Wildman–Crippen MR) is 97.7 cm³/mol. The van der Waals surface area contributed by atoms with Crippen molar-refractivity contribution in [2.24, 2.45) is 0 Å². The van der Waals surface area contributed by atoms with Gasteiger partial charge in [-0.25, -0.2) is 0 Å². The molecule has 0 saturated heterocycles. The highest BCUT2D eigenvalue weighted by Crippen LogP contribution is 2.29. The van der Waals surface area contributed by atoms with E-state index in [0.717, 1.165) is 30.8 Å². The molecule has 0 bridgehead atoms. The standard InChI is InChI=1S/C20H26N2O2/c1-21-11-10-17-12-15(4-9-19(17)21)13-22(2)20(14-23)16-5-7-18(24-3)8-6-16/h4-9,12,20,23H,10-11,13-14H2,1-3H3. The van der Waals surface area contributed by atoms with Crippen molar-refractivity contribution in [2.45, 2.75) is 19.0 Å². The maximum Gasteiger partial charge on any atom is 0.118 e. The highest BCUT2D eigenvalue weighted by molar-refractivity contribution is 5.58. The Kier molecular flexibility index (Phi) is 5.07. The summed E-state index contributed by atoms with van der Waals surface area (Å²) >= 11 is 0. The van der Waals surface area contributed by atoms with Crippen molar-refractivity contribution in [3.8, 4) is 5.75 Å². The maximum atomic E-state index is 9.86. The highest BCUT2D eigenvalue weighted by Gasteiger charge is 2.19. The Morgan fingerprint density at radius 1 is 1.21 bits per heavy atom. The molecule has 2 aromatic carbocycles. The number of likely N-dealkylation sites (N-methyl/N-ethyl adjacent to an activating group) is 2. The van der Waals surface area contributed by atoms with Crippen LogP contribution in [0, 0.1) is 0 Å². The predicted octanol–water partition coefficient (Wildman–Crippen LogP) is 2.85. The zero-order valence-electron chi connectivity index (χ0n) is 14.7. The summed E-state index contributed by atoms with van der Waals surface area (Å²) in [6.07, 6.45) is 1.12. The van der Waals surface area contributed by atoms with E-state index in [1.54, 1.807) is 7.11 Å². The third kappa shape index (κ3) is 3.40. The van der Waals surface area contributed by atoms with Crippen molar-refractivity contribution in [1.82, 2.24) is 4.90 Å². The number of aliphatic hydroxyl groups excluding tert-OH is 1. The van der Waals surface area contributed by atoms with Crippen LogP contribution in [0.15, 0.2) is 42.5 Å². The number of benzene rings is 2. The molecule has 0 aliphatic carbocycles. The molecule has 0 radical (unpaired) electrons. The van der Waals surface area contributed by atoms with E-state index in [2.05, 4.69) is 42.1 Å². The van der Waals surface area contributed by atoms with Crippen LogP contribution in [0.2, 0.25) is 0 Å². The van der Waals surface area contributed by atoms with Crippen molar-refractivity contribution >= 4 is 5.69 Å². The molecular weight excluding hydrogens is 300 g/mol. The SMILES string of the molecule is COc1ccc(C(CO)N(C)Cc2ccc3c(c2)CCN3C)cc1. The fourth-order valence-corrected chi connectivity index (χ4v) is 3.44. The van der Waals surface area contributed by atoms with E-state index >= 15 is 0 Å². The van der Waals surface area contributed by atoms with Gasteiger partial charge in [0.2, 0.25) is 0 Å². The number of hydrogen-bond acceptors (Lipinski definition) is 4. The molecule has 1 unspecified atom stereocenters. The average Bonchev–Trinajstić information content (AvgIpc) is 2.97. The van der Waals surface area contributed by atoms with Crippen molar-refractivity contribution in [1.29, 1.82) is 0 Å². The normalized spacial score (nSPS) is 14.8. The lowest BCUT2D eigenvalue weighted by Gasteiger charge is -2.27. The van der Waals surface area contributed by atoms with Crippen LogP contribution >= 0.6 is 0 Å². The summed E-state index contributed by atoms with van der Waals surface area (Å²) in [6, 6.07) is 14.6. The largest absolute Gasteiger partial charge is 0.497 e. The quantitative estimate of drug-likeness (QED) is 0.885. The molecule has 0 spiro atoms. The summed E-state index contributed by atoms with van der Waals surface area (Å²) in [6.45, 7) is 2.00. The third-order valence-corrected chi connectivity index (χ3v) is 4.91. The molecule has 3 rings (SSSR count). The Balaban J connectivity index is 1.73. The number of methoxy groups -OCH3 is 1.